The predicted octanol–water partition coefficient (Wildman–Crippen LogP) is -0.467. The van der Waals surface area contributed by atoms with Crippen LogP contribution >= 0.6 is 0 Å². The fraction of sp³-hybridized carbons (Fsp3) is 1.00. The zero-order chi connectivity index (χ0) is 3.28. The molecule has 5 heavy (non-hydrogen) atoms. The Morgan fingerprint density at radius 3 is 1.00 bits per heavy atom. The minimum Gasteiger partial charge on any atom is -0.0655 e. The Bertz CT molecular complexity index is 41.6. The summed E-state index contributed by atoms with van der Waals surface area (Å²) in [5.74, 6) is 0. The number of rotatable bonds is 0. The third-order valence-electron chi connectivity index (χ3n) is 1.00. The van der Waals surface area contributed by atoms with Crippen molar-refractivity contribution in [3.63, 3.8) is 0 Å². The number of hydrogen-bond acceptors (Lipinski definition) is 0. The van der Waals surface area contributed by atoms with Crippen molar-refractivity contribution in [2.24, 2.45) is 0 Å². The fourth-order valence-electron chi connectivity index (χ4n) is 0.500. The summed E-state index contributed by atoms with van der Waals surface area (Å²) in [6, 6.07) is 0. The molecule has 0 amide bonds. The lowest BCUT2D eigenvalue weighted by atomic mass is 11.6. The summed E-state index contributed by atoms with van der Waals surface area (Å²) < 4.78 is 0. The molecule has 3 heterocycles. The summed E-state index contributed by atoms with van der Waals surface area (Å²) in [6.07, 6.45) is 0. The fourth-order valence-corrected chi connectivity index (χ4v) is 9.00. The van der Waals surface area contributed by atoms with Crippen LogP contribution < -0.4 is 0 Å². The van der Waals surface area contributed by atoms with Crippen molar-refractivity contribution in [1.29, 1.82) is 0 Å². The molecule has 0 aromatic carbocycles. The van der Waals surface area contributed by atoms with E-state index in [0.29, 0.717) is 0 Å². The molecule has 0 spiro atoms. The van der Waals surface area contributed by atoms with Gasteiger partial charge in [0.2, 0.25) is 0 Å². The topological polar surface area (TPSA) is 0 Å². The van der Waals surface area contributed by atoms with Crippen LogP contribution in [0.2, 0.25) is 9.58 Å². The van der Waals surface area contributed by atoms with Gasteiger partial charge in [-0.25, -0.2) is 0 Å². The summed E-state index contributed by atoms with van der Waals surface area (Å²) in [4.78, 5) is 2.58. The van der Waals surface area contributed by atoms with Gasteiger partial charge in [-0.3, -0.25) is 0 Å². The van der Waals surface area contributed by atoms with Gasteiger partial charge < -0.3 is 0 Å². The molecular formula is C2H2Si3. The predicted molar refractivity (Wildman–Crippen MR) is 24.8 cm³/mol. The normalized spacial score (nSPS) is 57.6. The summed E-state index contributed by atoms with van der Waals surface area (Å²) in [6.45, 7) is 0. The highest BCUT2D eigenvalue weighted by Gasteiger charge is 2.43. The van der Waals surface area contributed by atoms with Crippen molar-refractivity contribution in [2.75, 3.05) is 0 Å². The van der Waals surface area contributed by atoms with Gasteiger partial charge in [-0.15, -0.1) is 0 Å². The Hall–Kier alpha value is 0.651. The average molecular weight is 110 g/mol. The zero-order valence-electron chi connectivity index (χ0n) is 2.65. The van der Waals surface area contributed by atoms with Crippen LogP contribution in [0.3, 0.4) is 0 Å². The Balaban J connectivity index is 2.19. The lowest BCUT2D eigenvalue weighted by Gasteiger charge is -2.47. The van der Waals surface area contributed by atoms with Gasteiger partial charge in [0.15, 0.2) is 0 Å². The van der Waals surface area contributed by atoms with Crippen LogP contribution in [0.4, 0.5) is 0 Å². The molecule has 0 atom stereocenters. The molecule has 3 rings (SSSR count). The van der Waals surface area contributed by atoms with Crippen LogP contribution in [0.1, 0.15) is 0 Å². The largest absolute Gasteiger partial charge is 0.0655 e. The van der Waals surface area contributed by atoms with E-state index in [4.69, 9.17) is 0 Å². The number of hydrogen-bond donors (Lipinski definition) is 0. The van der Waals surface area contributed by atoms with Crippen molar-refractivity contribution in [1.82, 2.24) is 0 Å². The quantitative estimate of drug-likeness (QED) is 0.370. The summed E-state index contributed by atoms with van der Waals surface area (Å²) in [5, 5.41) is 0. The smallest absolute Gasteiger partial charge is 0.0308 e. The highest BCUT2D eigenvalue weighted by Crippen LogP contribution is 2.39. The van der Waals surface area contributed by atoms with Gasteiger partial charge in [0, 0.05) is 28.6 Å². The second-order valence-electron chi connectivity index (χ2n) is 1.37. The first-order valence-electron chi connectivity index (χ1n) is 1.73. The maximum Gasteiger partial charge on any atom is 0.0308 e. The van der Waals surface area contributed by atoms with Gasteiger partial charge in [-0.05, 0) is 0 Å². The third-order valence-corrected chi connectivity index (χ3v) is 9.00. The second kappa shape index (κ2) is 0.665. The lowest BCUT2D eigenvalue weighted by Crippen LogP contribution is -2.55. The summed E-state index contributed by atoms with van der Waals surface area (Å²) in [7, 11) is 4.25. The Labute approximate surface area is 38.8 Å². The maximum atomic E-state index is 1.42. The minimum absolute atomic E-state index is 1.29. The van der Waals surface area contributed by atoms with Crippen LogP contribution in [0.25, 0.3) is 0 Å². The van der Waals surface area contributed by atoms with Crippen molar-refractivity contribution in [3.05, 3.63) is 0 Å². The first kappa shape index (κ1) is 2.76. The van der Waals surface area contributed by atoms with E-state index in [-0.39, 0.29) is 0 Å². The van der Waals surface area contributed by atoms with Crippen molar-refractivity contribution in [2.45, 2.75) is 9.58 Å². The van der Waals surface area contributed by atoms with E-state index in [9.17, 15) is 0 Å². The maximum absolute atomic E-state index is 1.42. The van der Waals surface area contributed by atoms with E-state index in [0.717, 1.165) is 0 Å². The van der Waals surface area contributed by atoms with E-state index in [2.05, 4.69) is 0 Å². The van der Waals surface area contributed by atoms with Gasteiger partial charge in [0.1, 0.15) is 0 Å². The Morgan fingerprint density at radius 1 is 0.800 bits per heavy atom. The van der Waals surface area contributed by atoms with Crippen LogP contribution in [-0.2, 0) is 0 Å². The SMILES string of the molecule is [Si]1C2[Si]C1[Si]2. The van der Waals surface area contributed by atoms with Gasteiger partial charge >= 0.3 is 0 Å². The summed E-state index contributed by atoms with van der Waals surface area (Å²) >= 11 is 0. The molecule has 2 bridgehead atoms. The van der Waals surface area contributed by atoms with Crippen molar-refractivity contribution >= 4 is 28.6 Å². The van der Waals surface area contributed by atoms with Crippen LogP contribution in [0.15, 0.2) is 0 Å². The lowest BCUT2D eigenvalue weighted by molar-refractivity contribution is 1.34. The molecule has 3 saturated heterocycles. The average Bonchev–Trinajstić information content (AvgIpc) is 0.592. The first-order chi connectivity index (χ1) is 2.45. The summed E-state index contributed by atoms with van der Waals surface area (Å²) in [5.41, 5.74) is 0. The van der Waals surface area contributed by atoms with E-state index in [1.54, 1.807) is 0 Å². The minimum atomic E-state index is 1.29. The molecule has 3 heteroatoms. The molecule has 3 aliphatic rings. The first-order valence-corrected chi connectivity index (χ1v) is 5.20. The Morgan fingerprint density at radius 2 is 1.00 bits per heavy atom. The highest BCUT2D eigenvalue weighted by molar-refractivity contribution is 7.11. The standard InChI is InChI=1S/C2H2Si3/c3-1-4-2(3)5-1/h1-2H. The van der Waals surface area contributed by atoms with E-state index >= 15 is 0 Å². The molecule has 6 radical (unpaired) electrons. The molecule has 0 aromatic rings. The van der Waals surface area contributed by atoms with Crippen LogP contribution in [-0.4, -0.2) is 28.6 Å². The van der Waals surface area contributed by atoms with E-state index in [1.807, 2.05) is 0 Å². The molecule has 0 aliphatic carbocycles. The van der Waals surface area contributed by atoms with Gasteiger partial charge in [-0.1, -0.05) is 9.58 Å². The monoisotopic (exact) mass is 110 g/mol. The molecular weight excluding hydrogens is 108 g/mol. The molecule has 0 nitrogen and oxygen atoms in total. The Kier molecular flexibility index (Phi) is 0.368. The van der Waals surface area contributed by atoms with E-state index < -0.39 is 0 Å². The van der Waals surface area contributed by atoms with Crippen molar-refractivity contribution in [3.8, 4) is 0 Å². The van der Waals surface area contributed by atoms with Gasteiger partial charge in [-0.2, -0.15) is 0 Å². The van der Waals surface area contributed by atoms with Gasteiger partial charge in [0.05, 0.1) is 0 Å². The zero-order valence-corrected chi connectivity index (χ0v) is 5.65. The van der Waals surface area contributed by atoms with Crippen LogP contribution in [0, 0.1) is 0 Å². The highest BCUT2D eigenvalue weighted by atomic mass is 28.5. The molecule has 0 N–H and O–H groups in total. The van der Waals surface area contributed by atoms with Crippen molar-refractivity contribution < 1.29 is 0 Å². The van der Waals surface area contributed by atoms with Gasteiger partial charge in [0.25, 0.3) is 0 Å². The molecule has 0 unspecified atom stereocenters. The molecule has 0 saturated carbocycles. The second-order valence-corrected chi connectivity index (χ2v) is 9.29. The van der Waals surface area contributed by atoms with Crippen LogP contribution in [0.5, 0.6) is 0 Å². The molecule has 0 aromatic heterocycles. The third kappa shape index (κ3) is 0.204. The molecule has 3 aliphatic heterocycles. The molecule has 22 valence electrons. The van der Waals surface area contributed by atoms with E-state index in [1.165, 1.54) is 38.1 Å². The molecule has 3 fully saturated rings.